The largest absolute Gasteiger partial charge is 0.846 e. The quantitative estimate of drug-likeness (QED) is 0.422. The molecule has 0 saturated heterocycles. The maximum Gasteiger partial charge on any atom is 0.227 e. The fraction of sp³-hybridized carbons (Fsp3) is 0.400. The Kier molecular flexibility index (Phi) is 1.75. The van der Waals surface area contributed by atoms with Crippen molar-refractivity contribution in [3.8, 4) is 0 Å². The van der Waals surface area contributed by atoms with E-state index in [4.69, 9.17) is 0 Å². The van der Waals surface area contributed by atoms with Gasteiger partial charge in [-0.1, -0.05) is 0 Å². The molecule has 0 bridgehead atoms. The Labute approximate surface area is 61.5 Å². The predicted octanol–water partition coefficient (Wildman–Crippen LogP) is -3.66. The number of carbonyl (C=O) groups is 2. The highest BCUT2D eigenvalue weighted by molar-refractivity contribution is 5.98. The Morgan fingerprint density at radius 1 is 1.73 bits per heavy atom. The normalized spacial score (nSPS) is 23.8. The molecule has 0 aromatic carbocycles. The Morgan fingerprint density at radius 3 is 2.82 bits per heavy atom. The molecule has 60 valence electrons. The number of carboxylic acid groups (broad SMARTS) is 1. The summed E-state index contributed by atoms with van der Waals surface area (Å²) in [6.07, 6.45) is -0.325. The van der Waals surface area contributed by atoms with Gasteiger partial charge in [0.2, 0.25) is 5.91 Å². The zero-order valence-corrected chi connectivity index (χ0v) is 5.36. The summed E-state index contributed by atoms with van der Waals surface area (Å²) in [5, 5.41) is 22.3. The highest BCUT2D eigenvalue weighted by Crippen LogP contribution is 2.00. The Balaban J connectivity index is 2.77. The second-order valence-electron chi connectivity index (χ2n) is 2.02. The fourth-order valence-electron chi connectivity index (χ4n) is 0.701. The van der Waals surface area contributed by atoms with Crippen molar-refractivity contribution in [2.45, 2.75) is 12.5 Å². The van der Waals surface area contributed by atoms with Crippen molar-refractivity contribution < 1.29 is 19.8 Å². The van der Waals surface area contributed by atoms with Gasteiger partial charge in [0.15, 0.2) is 0 Å². The summed E-state index contributed by atoms with van der Waals surface area (Å²) < 4.78 is 0. The zero-order valence-electron chi connectivity index (χ0n) is 5.36. The van der Waals surface area contributed by atoms with Gasteiger partial charge in [-0.2, -0.15) is 0 Å². The van der Waals surface area contributed by atoms with Crippen LogP contribution in [-0.4, -0.2) is 23.9 Å². The van der Waals surface area contributed by atoms with E-state index in [0.717, 1.165) is 0 Å². The minimum Gasteiger partial charge on any atom is -0.846 e. The number of carbonyl (C=O) groups excluding carboxylic acids is 2. The molecule has 1 aliphatic heterocycles. The molecule has 0 aromatic rings. The smallest absolute Gasteiger partial charge is 0.227 e. The summed E-state index contributed by atoms with van der Waals surface area (Å²) in [5.41, 5.74) is 0. The van der Waals surface area contributed by atoms with Crippen molar-refractivity contribution in [3.05, 3.63) is 0 Å². The number of nitrogens with one attached hydrogen (secondary N) is 1. The van der Waals surface area contributed by atoms with Crippen molar-refractivity contribution in [2.75, 3.05) is 0 Å². The van der Waals surface area contributed by atoms with Crippen LogP contribution in [-0.2, 0) is 9.59 Å². The molecule has 1 N–H and O–H groups in total. The average molecular weight is 156 g/mol. The molecule has 1 rings (SSSR count). The molecule has 1 aliphatic rings. The molecular weight excluding hydrogens is 152 g/mol. The first kappa shape index (κ1) is 7.52. The fourth-order valence-corrected chi connectivity index (χ4v) is 0.701. The maximum atomic E-state index is 10.5. The standard InChI is InChI=1S/C5H6N2O4/c8-3-1-2(4(9)10)6-5(11)7-3/h2H,1H2,(H,9,10)(H2,6,7,8,11)/p-2. The molecule has 6 heteroatoms. The van der Waals surface area contributed by atoms with E-state index in [-0.39, 0.29) is 6.42 Å². The van der Waals surface area contributed by atoms with E-state index >= 15 is 0 Å². The lowest BCUT2D eigenvalue weighted by atomic mass is 10.2. The molecule has 0 radical (unpaired) electrons. The second-order valence-corrected chi connectivity index (χ2v) is 2.02. The highest BCUT2D eigenvalue weighted by atomic mass is 16.4. The van der Waals surface area contributed by atoms with E-state index in [1.807, 2.05) is 5.32 Å². The molecule has 0 aromatic heterocycles. The number of nitrogens with zero attached hydrogens (tertiary/aromatic N) is 1. The minimum absolute atomic E-state index is 0.325. The summed E-state index contributed by atoms with van der Waals surface area (Å²) in [7, 11) is 0. The van der Waals surface area contributed by atoms with E-state index < -0.39 is 23.9 Å². The molecule has 0 aliphatic carbocycles. The molecule has 6 nitrogen and oxygen atoms in total. The maximum absolute atomic E-state index is 10.5. The molecule has 0 spiro atoms. The first-order chi connectivity index (χ1) is 5.09. The van der Waals surface area contributed by atoms with Gasteiger partial charge in [0.25, 0.3) is 0 Å². The van der Waals surface area contributed by atoms with Gasteiger partial charge in [0, 0.05) is 0 Å². The summed E-state index contributed by atoms with van der Waals surface area (Å²) in [6.45, 7) is 0. The SMILES string of the molecule is O=C1CC(C(=O)[O-])N=C([O-])N1. The third-order valence-corrected chi connectivity index (χ3v) is 1.17. The van der Waals surface area contributed by atoms with Crippen molar-refractivity contribution in [3.63, 3.8) is 0 Å². The van der Waals surface area contributed by atoms with Gasteiger partial charge in [-0.25, -0.2) is 0 Å². The van der Waals surface area contributed by atoms with Crippen LogP contribution in [0.5, 0.6) is 0 Å². The van der Waals surface area contributed by atoms with Crippen LogP contribution >= 0.6 is 0 Å². The Morgan fingerprint density at radius 2 is 2.36 bits per heavy atom. The first-order valence-corrected chi connectivity index (χ1v) is 2.85. The van der Waals surface area contributed by atoms with Crippen LogP contribution in [0.15, 0.2) is 4.99 Å². The minimum atomic E-state index is -1.51. The summed E-state index contributed by atoms with van der Waals surface area (Å²) in [6, 6.07) is -2.24. The van der Waals surface area contributed by atoms with Gasteiger partial charge in [0.1, 0.15) is 0 Å². The number of carboxylic acids is 1. The van der Waals surface area contributed by atoms with Crippen molar-refractivity contribution in [1.29, 1.82) is 0 Å². The van der Waals surface area contributed by atoms with Crippen LogP contribution in [0, 0.1) is 0 Å². The van der Waals surface area contributed by atoms with Crippen molar-refractivity contribution in [2.24, 2.45) is 4.99 Å². The lowest BCUT2D eigenvalue weighted by molar-refractivity contribution is -0.308. The predicted molar refractivity (Wildman–Crippen MR) is 29.0 cm³/mol. The number of aliphatic imine (C=N–C) groups is 1. The van der Waals surface area contributed by atoms with Gasteiger partial charge in [-0.3, -0.25) is 9.79 Å². The molecule has 0 saturated carbocycles. The third-order valence-electron chi connectivity index (χ3n) is 1.17. The van der Waals surface area contributed by atoms with E-state index in [0.29, 0.717) is 0 Å². The van der Waals surface area contributed by atoms with E-state index in [1.54, 1.807) is 0 Å². The summed E-state index contributed by atoms with van der Waals surface area (Å²) in [5.74, 6) is -2.15. The van der Waals surface area contributed by atoms with Crippen LogP contribution in [0.25, 0.3) is 0 Å². The van der Waals surface area contributed by atoms with E-state index in [1.165, 1.54) is 0 Å². The lowest BCUT2D eigenvalue weighted by Gasteiger charge is -2.23. The van der Waals surface area contributed by atoms with Gasteiger partial charge in [-0.15, -0.1) is 0 Å². The molecular formula is C5H4N2O4-2. The molecule has 0 fully saturated rings. The second kappa shape index (κ2) is 2.57. The number of rotatable bonds is 1. The average Bonchev–Trinajstić information content (AvgIpc) is 1.85. The van der Waals surface area contributed by atoms with Gasteiger partial charge in [0.05, 0.1) is 24.5 Å². The topological polar surface area (TPSA) is 105 Å². The number of amidine groups is 1. The van der Waals surface area contributed by atoms with Crippen LogP contribution in [0.1, 0.15) is 6.42 Å². The molecule has 1 heterocycles. The van der Waals surface area contributed by atoms with Gasteiger partial charge in [-0.05, 0) is 0 Å². The van der Waals surface area contributed by atoms with Crippen LogP contribution in [0.3, 0.4) is 0 Å². The number of hydrogen-bond donors (Lipinski definition) is 1. The Hall–Kier alpha value is -1.59. The van der Waals surface area contributed by atoms with Crippen LogP contribution in [0.2, 0.25) is 0 Å². The monoisotopic (exact) mass is 156 g/mol. The van der Waals surface area contributed by atoms with Crippen molar-refractivity contribution in [1.82, 2.24) is 5.32 Å². The van der Waals surface area contributed by atoms with Crippen molar-refractivity contribution >= 4 is 17.9 Å². The summed E-state index contributed by atoms with van der Waals surface area (Å²) in [4.78, 5) is 23.7. The molecule has 1 unspecified atom stereocenters. The third kappa shape index (κ3) is 1.66. The highest BCUT2D eigenvalue weighted by Gasteiger charge is 2.17. The van der Waals surface area contributed by atoms with Crippen LogP contribution < -0.4 is 15.5 Å². The van der Waals surface area contributed by atoms with Crippen LogP contribution in [0.4, 0.5) is 0 Å². The van der Waals surface area contributed by atoms with Gasteiger partial charge >= 0.3 is 0 Å². The number of hydrogen-bond acceptors (Lipinski definition) is 5. The van der Waals surface area contributed by atoms with E-state index in [9.17, 15) is 19.8 Å². The number of amides is 1. The van der Waals surface area contributed by atoms with Gasteiger partial charge < -0.3 is 20.3 Å². The zero-order chi connectivity index (χ0) is 8.43. The van der Waals surface area contributed by atoms with E-state index in [2.05, 4.69) is 4.99 Å². The lowest BCUT2D eigenvalue weighted by Crippen LogP contribution is -2.49. The Bertz CT molecular complexity index is 235. The molecule has 11 heavy (non-hydrogen) atoms. The first-order valence-electron chi connectivity index (χ1n) is 2.85. The molecule has 1 atom stereocenters. The number of aliphatic carboxylic acids is 1. The molecule has 1 amide bonds. The summed E-state index contributed by atoms with van der Waals surface area (Å²) >= 11 is 0.